The summed E-state index contributed by atoms with van der Waals surface area (Å²) in [6.45, 7) is 2.33. The Hall–Kier alpha value is -3.61. The van der Waals surface area contributed by atoms with Gasteiger partial charge in [0.2, 0.25) is 5.95 Å². The number of nitrogens with one attached hydrogen (secondary N) is 2. The monoisotopic (exact) mass is 386 g/mol. The van der Waals surface area contributed by atoms with E-state index in [0.717, 1.165) is 42.2 Å². The highest BCUT2D eigenvalue weighted by Gasteiger charge is 2.24. The van der Waals surface area contributed by atoms with Crippen molar-refractivity contribution in [2.75, 3.05) is 23.9 Å². The molecule has 1 aliphatic rings. The molecular weight excluding hydrogens is 364 g/mol. The lowest BCUT2D eigenvalue weighted by Crippen LogP contribution is -2.29. The first-order valence-electron chi connectivity index (χ1n) is 9.71. The molecule has 2 N–H and O–H groups in total. The summed E-state index contributed by atoms with van der Waals surface area (Å²) in [5.74, 6) is 2.38. The van der Waals surface area contributed by atoms with Crippen molar-refractivity contribution >= 4 is 22.8 Å². The number of hydrogen-bond acceptors (Lipinski definition) is 6. The highest BCUT2D eigenvalue weighted by molar-refractivity contribution is 5.91. The maximum atomic E-state index is 5.27. The molecule has 0 spiro atoms. The molecule has 0 unspecified atom stereocenters. The van der Waals surface area contributed by atoms with Gasteiger partial charge in [-0.2, -0.15) is 15.1 Å². The number of benzene rings is 2. The number of rotatable bonds is 6. The normalized spacial score (nSPS) is 12.9. The van der Waals surface area contributed by atoms with Gasteiger partial charge in [0.1, 0.15) is 11.6 Å². The van der Waals surface area contributed by atoms with Gasteiger partial charge in [-0.05, 0) is 23.3 Å². The molecule has 0 atom stereocenters. The topological polar surface area (TPSA) is 79.0 Å². The zero-order chi connectivity index (χ0) is 19.6. The van der Waals surface area contributed by atoms with Crippen molar-refractivity contribution in [3.05, 3.63) is 71.4 Å². The molecule has 5 rings (SSSR count). The average Bonchev–Trinajstić information content (AvgIpc) is 3.19. The summed E-state index contributed by atoms with van der Waals surface area (Å²) in [4.78, 5) is 11.8. The molecule has 0 saturated carbocycles. The lowest BCUT2D eigenvalue weighted by atomic mass is 10.1. The van der Waals surface area contributed by atoms with Gasteiger partial charge in [0.15, 0.2) is 5.65 Å². The second-order valence-corrected chi connectivity index (χ2v) is 7.13. The van der Waals surface area contributed by atoms with Gasteiger partial charge in [-0.3, -0.25) is 5.10 Å². The van der Waals surface area contributed by atoms with E-state index in [1.54, 1.807) is 7.11 Å². The molecule has 2 aromatic heterocycles. The summed E-state index contributed by atoms with van der Waals surface area (Å²) in [6.07, 6.45) is 0.903. The number of anilines is 2. The standard InChI is InChI=1S/C22H22N6O/c1-29-17-9-7-16(8-10-17)14-28-12-11-18-19-20(27-26-18)24-22(25-21(19)28)23-13-15-5-3-2-4-6-15/h2-10H,11-14H2,1H3,(H2,23,24,25,26,27). The van der Waals surface area contributed by atoms with E-state index in [1.165, 1.54) is 11.1 Å². The van der Waals surface area contributed by atoms with Crippen molar-refractivity contribution in [1.29, 1.82) is 0 Å². The summed E-state index contributed by atoms with van der Waals surface area (Å²) < 4.78 is 5.27. The van der Waals surface area contributed by atoms with E-state index in [4.69, 9.17) is 9.72 Å². The fourth-order valence-corrected chi connectivity index (χ4v) is 3.69. The van der Waals surface area contributed by atoms with E-state index >= 15 is 0 Å². The number of methoxy groups -OCH3 is 1. The Morgan fingerprint density at radius 1 is 1.03 bits per heavy atom. The van der Waals surface area contributed by atoms with Crippen LogP contribution in [0, 0.1) is 0 Å². The number of ether oxygens (including phenoxy) is 1. The number of aromatic amines is 1. The molecular formula is C22H22N6O. The van der Waals surface area contributed by atoms with E-state index in [0.29, 0.717) is 18.1 Å². The highest BCUT2D eigenvalue weighted by Crippen LogP contribution is 2.32. The van der Waals surface area contributed by atoms with Crippen LogP contribution in [0.1, 0.15) is 16.8 Å². The van der Waals surface area contributed by atoms with Crippen LogP contribution < -0.4 is 15.0 Å². The van der Waals surface area contributed by atoms with Crippen LogP contribution in [0.2, 0.25) is 0 Å². The Bertz CT molecular complexity index is 1120. The average molecular weight is 386 g/mol. The fourth-order valence-electron chi connectivity index (χ4n) is 3.69. The second kappa shape index (κ2) is 7.43. The minimum atomic E-state index is 0.594. The van der Waals surface area contributed by atoms with Gasteiger partial charge < -0.3 is 15.0 Å². The zero-order valence-corrected chi connectivity index (χ0v) is 16.2. The molecule has 0 saturated heterocycles. The van der Waals surface area contributed by atoms with Crippen molar-refractivity contribution in [3.63, 3.8) is 0 Å². The number of H-pyrrole nitrogens is 1. The quantitative estimate of drug-likeness (QED) is 0.528. The first-order valence-corrected chi connectivity index (χ1v) is 9.71. The summed E-state index contributed by atoms with van der Waals surface area (Å²) >= 11 is 0. The summed E-state index contributed by atoms with van der Waals surface area (Å²) in [5.41, 5.74) is 4.21. The summed E-state index contributed by atoms with van der Waals surface area (Å²) in [5, 5.41) is 11.9. The smallest absolute Gasteiger partial charge is 0.227 e. The Labute approximate surface area is 168 Å². The largest absolute Gasteiger partial charge is 0.497 e. The lowest BCUT2D eigenvalue weighted by Gasteiger charge is -2.28. The molecule has 0 fully saturated rings. The molecule has 29 heavy (non-hydrogen) atoms. The summed E-state index contributed by atoms with van der Waals surface area (Å²) in [6, 6.07) is 18.4. The van der Waals surface area contributed by atoms with Gasteiger partial charge in [-0.25, -0.2) is 0 Å². The van der Waals surface area contributed by atoms with E-state index in [9.17, 15) is 0 Å². The van der Waals surface area contributed by atoms with Gasteiger partial charge in [0, 0.05) is 26.1 Å². The maximum Gasteiger partial charge on any atom is 0.227 e. The Balaban J connectivity index is 1.44. The Morgan fingerprint density at radius 2 is 1.86 bits per heavy atom. The van der Waals surface area contributed by atoms with E-state index in [-0.39, 0.29) is 0 Å². The van der Waals surface area contributed by atoms with Crippen LogP contribution in [-0.4, -0.2) is 33.8 Å². The zero-order valence-electron chi connectivity index (χ0n) is 16.2. The fraction of sp³-hybridized carbons (Fsp3) is 0.227. The first-order chi connectivity index (χ1) is 14.3. The van der Waals surface area contributed by atoms with Gasteiger partial charge in [0.25, 0.3) is 0 Å². The van der Waals surface area contributed by atoms with Crippen molar-refractivity contribution in [2.24, 2.45) is 0 Å². The van der Waals surface area contributed by atoms with E-state index < -0.39 is 0 Å². The van der Waals surface area contributed by atoms with Gasteiger partial charge in [0.05, 0.1) is 18.2 Å². The van der Waals surface area contributed by atoms with Crippen LogP contribution in [0.25, 0.3) is 11.0 Å². The maximum absolute atomic E-state index is 5.27. The van der Waals surface area contributed by atoms with Crippen LogP contribution in [0.15, 0.2) is 54.6 Å². The minimum absolute atomic E-state index is 0.594. The third-order valence-electron chi connectivity index (χ3n) is 5.23. The minimum Gasteiger partial charge on any atom is -0.497 e. The van der Waals surface area contributed by atoms with Crippen molar-refractivity contribution < 1.29 is 4.74 Å². The SMILES string of the molecule is COc1ccc(CN2CCc3[nH]nc4nc(NCc5ccccc5)nc2c34)cc1. The van der Waals surface area contributed by atoms with E-state index in [1.807, 2.05) is 30.3 Å². The summed E-state index contributed by atoms with van der Waals surface area (Å²) in [7, 11) is 1.68. The second-order valence-electron chi connectivity index (χ2n) is 7.13. The predicted molar refractivity (Wildman–Crippen MR) is 113 cm³/mol. The van der Waals surface area contributed by atoms with Gasteiger partial charge in [-0.15, -0.1) is 0 Å². The highest BCUT2D eigenvalue weighted by atomic mass is 16.5. The molecule has 1 aliphatic heterocycles. The molecule has 0 aliphatic carbocycles. The number of hydrogen-bond donors (Lipinski definition) is 2. The molecule has 0 bridgehead atoms. The molecule has 0 radical (unpaired) electrons. The van der Waals surface area contributed by atoms with Crippen LogP contribution in [0.3, 0.4) is 0 Å². The molecule has 0 amide bonds. The molecule has 3 heterocycles. The predicted octanol–water partition coefficient (Wildman–Crippen LogP) is 3.54. The van der Waals surface area contributed by atoms with Crippen molar-refractivity contribution in [3.8, 4) is 5.75 Å². The number of aromatic nitrogens is 4. The van der Waals surface area contributed by atoms with Gasteiger partial charge >= 0.3 is 0 Å². The molecule has 2 aromatic carbocycles. The number of nitrogens with zero attached hydrogens (tertiary/aromatic N) is 4. The van der Waals surface area contributed by atoms with Gasteiger partial charge in [-0.1, -0.05) is 42.5 Å². The molecule has 146 valence electrons. The van der Waals surface area contributed by atoms with Crippen LogP contribution in [0.4, 0.5) is 11.8 Å². The Morgan fingerprint density at radius 3 is 2.66 bits per heavy atom. The third kappa shape index (κ3) is 3.47. The van der Waals surface area contributed by atoms with Crippen LogP contribution >= 0.6 is 0 Å². The van der Waals surface area contributed by atoms with Crippen LogP contribution in [0.5, 0.6) is 5.75 Å². The van der Waals surface area contributed by atoms with Crippen molar-refractivity contribution in [1.82, 2.24) is 20.2 Å². The third-order valence-corrected chi connectivity index (χ3v) is 5.23. The molecule has 4 aromatic rings. The van der Waals surface area contributed by atoms with Crippen molar-refractivity contribution in [2.45, 2.75) is 19.5 Å². The Kier molecular flexibility index (Phi) is 4.48. The van der Waals surface area contributed by atoms with Crippen LogP contribution in [-0.2, 0) is 19.5 Å². The molecule has 7 heteroatoms. The first kappa shape index (κ1) is 17.5. The molecule has 7 nitrogen and oxygen atoms in total. The van der Waals surface area contributed by atoms with E-state index in [2.05, 4.69) is 49.7 Å². The lowest BCUT2D eigenvalue weighted by molar-refractivity contribution is 0.414.